The molecule has 2 aliphatic heterocycles. The van der Waals surface area contributed by atoms with Crippen molar-refractivity contribution in [2.75, 3.05) is 45.9 Å². The fourth-order valence-corrected chi connectivity index (χ4v) is 2.96. The number of fused-ring (bicyclic) bond motifs is 1. The Morgan fingerprint density at radius 3 is 2.96 bits per heavy atom. The van der Waals surface area contributed by atoms with Crippen LogP contribution in [0.2, 0.25) is 0 Å². The molecule has 3 rings (SSSR count). The van der Waals surface area contributed by atoms with Gasteiger partial charge in [-0.3, -0.25) is 4.90 Å². The Bertz CT molecular complexity index is 504. The number of morpholine rings is 1. The molecule has 1 aromatic rings. The minimum Gasteiger partial charge on any atom is -0.488 e. The number of nitrogens with zero attached hydrogens (tertiary/aromatic N) is 2. The molecule has 0 amide bonds. The third kappa shape index (κ3) is 4.84. The fourth-order valence-electron chi connectivity index (χ4n) is 2.96. The van der Waals surface area contributed by atoms with Crippen LogP contribution in [-0.2, 0) is 11.2 Å². The first-order valence-electron chi connectivity index (χ1n) is 8.40. The van der Waals surface area contributed by atoms with E-state index >= 15 is 0 Å². The van der Waals surface area contributed by atoms with Crippen LogP contribution in [0.1, 0.15) is 12.0 Å². The van der Waals surface area contributed by atoms with E-state index in [0.29, 0.717) is 12.5 Å². The number of guanidine groups is 1. The molecule has 1 aromatic carbocycles. The van der Waals surface area contributed by atoms with E-state index in [-0.39, 0.29) is 6.10 Å². The first-order valence-corrected chi connectivity index (χ1v) is 8.40. The van der Waals surface area contributed by atoms with Gasteiger partial charge in [0, 0.05) is 26.1 Å². The highest BCUT2D eigenvalue weighted by Gasteiger charge is 2.21. The normalized spacial score (nSPS) is 21.7. The van der Waals surface area contributed by atoms with E-state index in [2.05, 4.69) is 21.3 Å². The van der Waals surface area contributed by atoms with Crippen LogP contribution in [0.4, 0.5) is 0 Å². The van der Waals surface area contributed by atoms with E-state index < -0.39 is 0 Å². The Labute approximate surface area is 137 Å². The third-order valence-electron chi connectivity index (χ3n) is 4.24. The number of aliphatic imine (C=N–C) groups is 1. The molecule has 0 saturated carbocycles. The number of nitrogens with one attached hydrogen (secondary N) is 1. The lowest BCUT2D eigenvalue weighted by Crippen LogP contribution is -2.39. The molecule has 0 spiro atoms. The van der Waals surface area contributed by atoms with Gasteiger partial charge in [0.05, 0.1) is 19.8 Å². The number of hydrogen-bond acceptors (Lipinski definition) is 4. The minimum atomic E-state index is 0.0982. The lowest BCUT2D eigenvalue weighted by Gasteiger charge is -2.26. The zero-order valence-corrected chi connectivity index (χ0v) is 13.5. The van der Waals surface area contributed by atoms with Gasteiger partial charge in [-0.05, 0) is 24.6 Å². The number of benzene rings is 1. The largest absolute Gasteiger partial charge is 0.488 e. The van der Waals surface area contributed by atoms with Gasteiger partial charge in [-0.1, -0.05) is 18.2 Å². The SMILES string of the molecule is NC(=NCC1Cc2ccccc2O1)NCCCN1CCOCC1. The smallest absolute Gasteiger partial charge is 0.188 e. The standard InChI is InChI=1S/C17H26N4O2/c18-17(19-6-3-7-21-8-10-22-11-9-21)20-13-15-12-14-4-1-2-5-16(14)23-15/h1-2,4-5,15H,3,6-13H2,(H3,18,19,20). The second kappa shape index (κ2) is 8.17. The van der Waals surface area contributed by atoms with Gasteiger partial charge in [-0.15, -0.1) is 0 Å². The monoisotopic (exact) mass is 318 g/mol. The summed E-state index contributed by atoms with van der Waals surface area (Å²) in [5, 5.41) is 3.18. The van der Waals surface area contributed by atoms with Crippen molar-refractivity contribution in [2.45, 2.75) is 18.9 Å². The van der Waals surface area contributed by atoms with Crippen LogP contribution in [0.3, 0.4) is 0 Å². The van der Waals surface area contributed by atoms with Crippen molar-refractivity contribution >= 4 is 5.96 Å². The number of nitrogens with two attached hydrogens (primary N) is 1. The van der Waals surface area contributed by atoms with Gasteiger partial charge in [0.1, 0.15) is 11.9 Å². The molecule has 1 atom stereocenters. The van der Waals surface area contributed by atoms with E-state index in [0.717, 1.165) is 58.0 Å². The average Bonchev–Trinajstić information content (AvgIpc) is 3.01. The van der Waals surface area contributed by atoms with Crippen molar-refractivity contribution in [1.82, 2.24) is 10.2 Å². The first-order chi connectivity index (χ1) is 11.3. The number of para-hydroxylation sites is 1. The summed E-state index contributed by atoms with van der Waals surface area (Å²) in [6.07, 6.45) is 2.06. The first kappa shape index (κ1) is 16.1. The molecule has 0 bridgehead atoms. The Kier molecular flexibility index (Phi) is 5.71. The van der Waals surface area contributed by atoms with Crippen LogP contribution < -0.4 is 15.8 Å². The summed E-state index contributed by atoms with van der Waals surface area (Å²) in [4.78, 5) is 6.82. The summed E-state index contributed by atoms with van der Waals surface area (Å²) in [7, 11) is 0. The fraction of sp³-hybridized carbons (Fsp3) is 0.588. The van der Waals surface area contributed by atoms with Crippen LogP contribution in [0, 0.1) is 0 Å². The van der Waals surface area contributed by atoms with Gasteiger partial charge in [0.15, 0.2) is 5.96 Å². The molecular formula is C17H26N4O2. The molecule has 3 N–H and O–H groups in total. The Morgan fingerprint density at radius 1 is 1.30 bits per heavy atom. The summed E-state index contributed by atoms with van der Waals surface area (Å²) in [5.41, 5.74) is 7.18. The van der Waals surface area contributed by atoms with Gasteiger partial charge in [-0.25, -0.2) is 4.99 Å². The van der Waals surface area contributed by atoms with Crippen molar-refractivity contribution in [2.24, 2.45) is 10.7 Å². The van der Waals surface area contributed by atoms with Crippen molar-refractivity contribution in [1.29, 1.82) is 0 Å². The Balaban J connectivity index is 1.31. The molecule has 1 fully saturated rings. The highest BCUT2D eigenvalue weighted by Crippen LogP contribution is 2.27. The van der Waals surface area contributed by atoms with Gasteiger partial charge in [0.2, 0.25) is 0 Å². The van der Waals surface area contributed by atoms with E-state index in [9.17, 15) is 0 Å². The third-order valence-corrected chi connectivity index (χ3v) is 4.24. The summed E-state index contributed by atoms with van der Waals surface area (Å²) < 4.78 is 11.2. The van der Waals surface area contributed by atoms with Crippen molar-refractivity contribution in [3.63, 3.8) is 0 Å². The summed E-state index contributed by atoms with van der Waals surface area (Å²) in [6.45, 7) is 6.27. The predicted molar refractivity (Wildman–Crippen MR) is 90.9 cm³/mol. The molecular weight excluding hydrogens is 292 g/mol. The molecule has 0 aromatic heterocycles. The van der Waals surface area contributed by atoms with E-state index in [1.165, 1.54) is 5.56 Å². The number of hydrogen-bond donors (Lipinski definition) is 2. The van der Waals surface area contributed by atoms with E-state index in [1.54, 1.807) is 0 Å². The van der Waals surface area contributed by atoms with Gasteiger partial charge in [-0.2, -0.15) is 0 Å². The van der Waals surface area contributed by atoms with Crippen molar-refractivity contribution in [3.8, 4) is 5.75 Å². The van der Waals surface area contributed by atoms with E-state index in [4.69, 9.17) is 15.2 Å². The summed E-state index contributed by atoms with van der Waals surface area (Å²) in [5.74, 6) is 1.48. The number of rotatable bonds is 6. The summed E-state index contributed by atoms with van der Waals surface area (Å²) >= 11 is 0. The topological polar surface area (TPSA) is 72.1 Å². The summed E-state index contributed by atoms with van der Waals surface area (Å²) in [6, 6.07) is 8.14. The highest BCUT2D eigenvalue weighted by molar-refractivity contribution is 5.77. The van der Waals surface area contributed by atoms with Crippen LogP contribution in [0.5, 0.6) is 5.75 Å². The van der Waals surface area contributed by atoms with Gasteiger partial charge < -0.3 is 20.5 Å². The Hall–Kier alpha value is -1.79. The maximum absolute atomic E-state index is 5.93. The molecule has 2 aliphatic rings. The maximum Gasteiger partial charge on any atom is 0.188 e. The molecule has 2 heterocycles. The van der Waals surface area contributed by atoms with Gasteiger partial charge in [0.25, 0.3) is 0 Å². The molecule has 0 aliphatic carbocycles. The molecule has 23 heavy (non-hydrogen) atoms. The van der Waals surface area contributed by atoms with Gasteiger partial charge >= 0.3 is 0 Å². The average molecular weight is 318 g/mol. The predicted octanol–water partition coefficient (Wildman–Crippen LogP) is 0.617. The Morgan fingerprint density at radius 2 is 2.13 bits per heavy atom. The minimum absolute atomic E-state index is 0.0982. The maximum atomic E-state index is 5.93. The second-order valence-electron chi connectivity index (χ2n) is 6.01. The van der Waals surface area contributed by atoms with Crippen molar-refractivity contribution in [3.05, 3.63) is 29.8 Å². The van der Waals surface area contributed by atoms with Crippen LogP contribution in [0.15, 0.2) is 29.3 Å². The highest BCUT2D eigenvalue weighted by atomic mass is 16.5. The van der Waals surface area contributed by atoms with Crippen molar-refractivity contribution < 1.29 is 9.47 Å². The molecule has 126 valence electrons. The molecule has 6 nitrogen and oxygen atoms in total. The number of ether oxygens (including phenoxy) is 2. The zero-order valence-electron chi connectivity index (χ0n) is 13.5. The quantitative estimate of drug-likeness (QED) is 0.457. The van der Waals surface area contributed by atoms with Crippen LogP contribution in [-0.4, -0.2) is 62.9 Å². The molecule has 1 saturated heterocycles. The van der Waals surface area contributed by atoms with Crippen LogP contribution in [0.25, 0.3) is 0 Å². The molecule has 0 radical (unpaired) electrons. The van der Waals surface area contributed by atoms with Crippen LogP contribution >= 0.6 is 0 Å². The molecule has 6 heteroatoms. The lowest BCUT2D eigenvalue weighted by atomic mass is 10.1. The second-order valence-corrected chi connectivity index (χ2v) is 6.01. The van der Waals surface area contributed by atoms with E-state index in [1.807, 2.05) is 18.2 Å². The zero-order chi connectivity index (χ0) is 15.9. The molecule has 1 unspecified atom stereocenters. The lowest BCUT2D eigenvalue weighted by molar-refractivity contribution is 0.0376.